The van der Waals surface area contributed by atoms with E-state index in [0.29, 0.717) is 0 Å². The minimum atomic E-state index is -3.90. The zero-order valence-corrected chi connectivity index (χ0v) is 15.6. The van der Waals surface area contributed by atoms with Crippen LogP contribution in [0.5, 0.6) is 0 Å². The van der Waals surface area contributed by atoms with Gasteiger partial charge >= 0.3 is 0 Å². The Labute approximate surface area is 149 Å². The Hall–Kier alpha value is -1.01. The van der Waals surface area contributed by atoms with Crippen molar-refractivity contribution in [2.75, 3.05) is 13.2 Å². The Balaban J connectivity index is 1.91. The van der Waals surface area contributed by atoms with E-state index in [1.54, 1.807) is 30.3 Å². The number of rotatable bonds is 7. The summed E-state index contributed by atoms with van der Waals surface area (Å²) in [6.07, 6.45) is 0. The monoisotopic (exact) mass is 467 g/mol. The van der Waals surface area contributed by atoms with E-state index in [-0.39, 0.29) is 22.9 Å². The molecular formula is C14H14INO5S2. The van der Waals surface area contributed by atoms with Gasteiger partial charge in [0.1, 0.15) is 0 Å². The molecule has 0 radical (unpaired) electrons. The van der Waals surface area contributed by atoms with Gasteiger partial charge in [-0.05, 0) is 59.0 Å². The van der Waals surface area contributed by atoms with Gasteiger partial charge in [-0.3, -0.25) is 4.18 Å². The van der Waals surface area contributed by atoms with E-state index in [4.69, 9.17) is 4.18 Å². The third kappa shape index (κ3) is 5.24. The number of hydrogen-bond donors (Lipinski definition) is 1. The van der Waals surface area contributed by atoms with E-state index in [2.05, 4.69) is 27.3 Å². The van der Waals surface area contributed by atoms with Gasteiger partial charge in [0.05, 0.1) is 16.4 Å². The van der Waals surface area contributed by atoms with Crippen molar-refractivity contribution in [1.82, 2.24) is 4.72 Å². The molecule has 0 aromatic heterocycles. The minimum Gasteiger partial charge on any atom is -0.265 e. The summed E-state index contributed by atoms with van der Waals surface area (Å²) in [6, 6.07) is 14.0. The smallest absolute Gasteiger partial charge is 0.265 e. The largest absolute Gasteiger partial charge is 0.297 e. The van der Waals surface area contributed by atoms with Crippen LogP contribution in [0, 0.1) is 3.57 Å². The third-order valence-corrected chi connectivity index (χ3v) is 6.31. The van der Waals surface area contributed by atoms with Gasteiger partial charge in [-0.2, -0.15) is 8.42 Å². The fraction of sp³-hybridized carbons (Fsp3) is 0.143. The Kier molecular flexibility index (Phi) is 6.14. The lowest BCUT2D eigenvalue weighted by molar-refractivity contribution is 0.322. The van der Waals surface area contributed by atoms with Crippen LogP contribution >= 0.6 is 22.6 Å². The maximum Gasteiger partial charge on any atom is 0.297 e. The van der Waals surface area contributed by atoms with Gasteiger partial charge in [0.25, 0.3) is 10.1 Å². The van der Waals surface area contributed by atoms with E-state index >= 15 is 0 Å². The summed E-state index contributed by atoms with van der Waals surface area (Å²) in [5.74, 6) is 0. The highest BCUT2D eigenvalue weighted by atomic mass is 127. The van der Waals surface area contributed by atoms with Crippen LogP contribution in [0.1, 0.15) is 0 Å². The van der Waals surface area contributed by atoms with Crippen molar-refractivity contribution in [3.8, 4) is 0 Å². The fourth-order valence-electron chi connectivity index (χ4n) is 1.68. The topological polar surface area (TPSA) is 89.5 Å². The second kappa shape index (κ2) is 7.71. The van der Waals surface area contributed by atoms with Crippen molar-refractivity contribution in [3.05, 3.63) is 58.2 Å². The average molecular weight is 467 g/mol. The number of hydrogen-bond acceptors (Lipinski definition) is 5. The summed E-state index contributed by atoms with van der Waals surface area (Å²) >= 11 is 2.06. The predicted molar refractivity (Wildman–Crippen MR) is 93.9 cm³/mol. The standard InChI is InChI=1S/C14H14INO5S2/c15-12-6-8-14(9-7-12)23(19,20)21-11-10-16-22(17,18)13-4-2-1-3-5-13/h1-9,16H,10-11H2. The number of halogens is 1. The number of benzene rings is 2. The molecule has 1 N–H and O–H groups in total. The van der Waals surface area contributed by atoms with Crippen LogP contribution in [0.4, 0.5) is 0 Å². The first-order valence-electron chi connectivity index (χ1n) is 6.51. The summed E-state index contributed by atoms with van der Waals surface area (Å²) in [4.78, 5) is 0.143. The first-order valence-corrected chi connectivity index (χ1v) is 10.5. The lowest BCUT2D eigenvalue weighted by Gasteiger charge is -2.08. The second-order valence-electron chi connectivity index (χ2n) is 4.44. The first-order chi connectivity index (χ1) is 10.8. The van der Waals surface area contributed by atoms with Crippen LogP contribution in [0.15, 0.2) is 64.4 Å². The highest BCUT2D eigenvalue weighted by molar-refractivity contribution is 14.1. The lowest BCUT2D eigenvalue weighted by Crippen LogP contribution is -2.28. The van der Waals surface area contributed by atoms with Gasteiger partial charge in [-0.15, -0.1) is 0 Å². The molecule has 0 bridgehead atoms. The highest BCUT2D eigenvalue weighted by Gasteiger charge is 2.16. The van der Waals surface area contributed by atoms with Crippen LogP contribution in [0.3, 0.4) is 0 Å². The van der Waals surface area contributed by atoms with Gasteiger partial charge in [0, 0.05) is 10.1 Å². The molecule has 0 amide bonds. The molecule has 0 aliphatic heterocycles. The van der Waals surface area contributed by atoms with Crippen LogP contribution < -0.4 is 4.72 Å². The highest BCUT2D eigenvalue weighted by Crippen LogP contribution is 2.14. The van der Waals surface area contributed by atoms with Crippen LogP contribution in [-0.4, -0.2) is 30.0 Å². The van der Waals surface area contributed by atoms with Crippen molar-refractivity contribution in [2.24, 2.45) is 0 Å². The van der Waals surface area contributed by atoms with E-state index in [0.717, 1.165) is 3.57 Å². The average Bonchev–Trinajstić information content (AvgIpc) is 2.53. The van der Waals surface area contributed by atoms with Gasteiger partial charge in [0.2, 0.25) is 10.0 Å². The van der Waals surface area contributed by atoms with E-state index < -0.39 is 20.1 Å². The summed E-state index contributed by atoms with van der Waals surface area (Å²) < 4.78 is 55.8. The van der Waals surface area contributed by atoms with Gasteiger partial charge < -0.3 is 0 Å². The molecule has 6 nitrogen and oxygen atoms in total. The summed E-state index contributed by atoms with van der Waals surface area (Å²) in [5.41, 5.74) is 0. The van der Waals surface area contributed by atoms with Crippen LogP contribution in [0.2, 0.25) is 0 Å². The van der Waals surface area contributed by atoms with E-state index in [1.807, 2.05) is 0 Å². The molecule has 9 heteroatoms. The molecule has 23 heavy (non-hydrogen) atoms. The molecule has 0 saturated heterocycles. The maximum absolute atomic E-state index is 11.9. The molecule has 2 aromatic rings. The van der Waals surface area contributed by atoms with Crippen LogP contribution in [0.25, 0.3) is 0 Å². The summed E-state index contributed by atoms with van der Waals surface area (Å²) in [6.45, 7) is -0.443. The molecule has 0 saturated carbocycles. The van der Waals surface area contributed by atoms with E-state index in [9.17, 15) is 16.8 Å². The number of nitrogens with one attached hydrogen (secondary N) is 1. The quantitative estimate of drug-likeness (QED) is 0.382. The van der Waals surface area contributed by atoms with Gasteiger partial charge in [-0.1, -0.05) is 18.2 Å². The van der Waals surface area contributed by atoms with Crippen molar-refractivity contribution < 1.29 is 21.0 Å². The van der Waals surface area contributed by atoms with Gasteiger partial charge in [-0.25, -0.2) is 13.1 Å². The fourth-order valence-corrected chi connectivity index (χ4v) is 3.98. The first kappa shape index (κ1) is 18.3. The lowest BCUT2D eigenvalue weighted by atomic mass is 10.4. The molecule has 0 fully saturated rings. The Morgan fingerprint density at radius 3 is 2.09 bits per heavy atom. The summed E-state index contributed by atoms with van der Waals surface area (Å²) in [5, 5.41) is 0. The Morgan fingerprint density at radius 2 is 1.48 bits per heavy atom. The Morgan fingerprint density at radius 1 is 0.870 bits per heavy atom. The minimum absolute atomic E-state index is 0.0313. The molecule has 2 aromatic carbocycles. The molecule has 0 aliphatic carbocycles. The molecule has 2 rings (SSSR count). The molecule has 0 aliphatic rings. The maximum atomic E-state index is 11.9. The number of sulfonamides is 1. The van der Waals surface area contributed by atoms with Crippen molar-refractivity contribution in [3.63, 3.8) is 0 Å². The normalized spacial score (nSPS) is 12.2. The van der Waals surface area contributed by atoms with Crippen LogP contribution in [-0.2, 0) is 24.3 Å². The van der Waals surface area contributed by atoms with Crippen molar-refractivity contribution in [2.45, 2.75) is 9.79 Å². The van der Waals surface area contributed by atoms with Gasteiger partial charge in [0.15, 0.2) is 0 Å². The van der Waals surface area contributed by atoms with E-state index in [1.165, 1.54) is 24.3 Å². The third-order valence-electron chi connectivity index (χ3n) is 2.79. The molecule has 124 valence electrons. The molecule has 0 atom stereocenters. The zero-order chi connectivity index (χ0) is 16.9. The summed E-state index contributed by atoms with van der Waals surface area (Å²) in [7, 11) is -7.57. The molecule has 0 spiro atoms. The zero-order valence-electron chi connectivity index (χ0n) is 11.8. The predicted octanol–water partition coefficient (Wildman–Crippen LogP) is 1.98. The Bertz CT molecular complexity index is 850. The SMILES string of the molecule is O=S(=O)(NCCOS(=O)(=O)c1ccc(I)cc1)c1ccccc1. The van der Waals surface area contributed by atoms with Crippen molar-refractivity contribution >= 4 is 42.7 Å². The van der Waals surface area contributed by atoms with Crippen molar-refractivity contribution in [1.29, 1.82) is 0 Å². The second-order valence-corrected chi connectivity index (χ2v) is 9.07. The molecule has 0 unspecified atom stereocenters. The molecular weight excluding hydrogens is 453 g/mol. The molecule has 0 heterocycles.